The summed E-state index contributed by atoms with van der Waals surface area (Å²) in [6.07, 6.45) is 0.762. The topological polar surface area (TPSA) is 29.1 Å². The summed E-state index contributed by atoms with van der Waals surface area (Å²) in [6.45, 7) is 6.00. The lowest BCUT2D eigenvalue weighted by Crippen LogP contribution is -2.23. The molecule has 0 aliphatic rings. The zero-order valence-electron chi connectivity index (χ0n) is 12.3. The predicted molar refractivity (Wildman–Crippen MR) is 83.9 cm³/mol. The van der Waals surface area contributed by atoms with E-state index in [1.807, 2.05) is 57.2 Å². The second kappa shape index (κ2) is 6.38. The first-order valence-corrected chi connectivity index (χ1v) is 6.99. The number of rotatable bonds is 4. The number of amides is 1. The van der Waals surface area contributed by atoms with Gasteiger partial charge in [0, 0.05) is 11.6 Å². The highest BCUT2D eigenvalue weighted by Gasteiger charge is 2.15. The van der Waals surface area contributed by atoms with Crippen LogP contribution >= 0.6 is 0 Å². The fraction of sp³-hybridized carbons (Fsp3) is 0.278. The highest BCUT2D eigenvalue weighted by atomic mass is 16.1. The average Bonchev–Trinajstić information content (AvgIpc) is 2.44. The second-order valence-electron chi connectivity index (χ2n) is 5.35. The van der Waals surface area contributed by atoms with Gasteiger partial charge in [-0.25, -0.2) is 0 Å². The van der Waals surface area contributed by atoms with Gasteiger partial charge in [0.2, 0.25) is 5.91 Å². The van der Waals surface area contributed by atoms with Crippen molar-refractivity contribution < 1.29 is 4.79 Å². The van der Waals surface area contributed by atoms with E-state index in [1.54, 1.807) is 0 Å². The Labute approximate surface area is 120 Å². The Balaban J connectivity index is 2.05. The van der Waals surface area contributed by atoms with E-state index in [2.05, 4.69) is 17.4 Å². The molecule has 2 nitrogen and oxygen atoms in total. The van der Waals surface area contributed by atoms with Crippen molar-refractivity contribution in [1.82, 2.24) is 0 Å². The molecule has 1 atom stereocenters. The van der Waals surface area contributed by atoms with Crippen molar-refractivity contribution in [3.63, 3.8) is 0 Å². The van der Waals surface area contributed by atoms with Crippen molar-refractivity contribution in [2.45, 2.75) is 27.2 Å². The molecule has 0 spiro atoms. The molecule has 0 radical (unpaired) electrons. The first-order chi connectivity index (χ1) is 9.58. The molecule has 0 saturated heterocycles. The monoisotopic (exact) mass is 267 g/mol. The molecule has 1 N–H and O–H groups in total. The highest BCUT2D eigenvalue weighted by Crippen LogP contribution is 2.20. The molecule has 20 heavy (non-hydrogen) atoms. The number of para-hydroxylation sites is 1. The van der Waals surface area contributed by atoms with Gasteiger partial charge in [-0.1, -0.05) is 55.5 Å². The predicted octanol–water partition coefficient (Wildman–Crippen LogP) is 4.12. The number of nitrogens with one attached hydrogen (secondary N) is 1. The van der Waals surface area contributed by atoms with Crippen LogP contribution in [0.5, 0.6) is 0 Å². The first-order valence-electron chi connectivity index (χ1n) is 6.99. The molecule has 2 heteroatoms. The lowest BCUT2D eigenvalue weighted by atomic mass is 10.00. The lowest BCUT2D eigenvalue weighted by Gasteiger charge is -2.15. The van der Waals surface area contributed by atoms with Gasteiger partial charge in [0.1, 0.15) is 0 Å². The molecule has 2 rings (SSSR count). The molecule has 0 saturated carbocycles. The van der Waals surface area contributed by atoms with E-state index in [0.717, 1.165) is 23.2 Å². The summed E-state index contributed by atoms with van der Waals surface area (Å²) in [7, 11) is 0. The van der Waals surface area contributed by atoms with E-state index in [0.29, 0.717) is 0 Å². The SMILES string of the molecule is Cc1cccc(C)c1NC(=O)[C@@H](C)Cc1ccccc1. The Morgan fingerprint density at radius 1 is 1.00 bits per heavy atom. The minimum Gasteiger partial charge on any atom is -0.325 e. The summed E-state index contributed by atoms with van der Waals surface area (Å²) in [5, 5.41) is 3.06. The Morgan fingerprint density at radius 3 is 2.20 bits per heavy atom. The third-order valence-electron chi connectivity index (χ3n) is 3.56. The van der Waals surface area contributed by atoms with Crippen molar-refractivity contribution in [3.8, 4) is 0 Å². The standard InChI is InChI=1S/C18H21NO/c1-13-8-7-9-14(2)17(13)19-18(20)15(3)12-16-10-5-4-6-11-16/h4-11,15H,12H2,1-3H3,(H,19,20)/t15-/m0/s1. The normalized spacial score (nSPS) is 11.9. The third-order valence-corrected chi connectivity index (χ3v) is 3.56. The van der Waals surface area contributed by atoms with Crippen molar-refractivity contribution in [2.24, 2.45) is 5.92 Å². The van der Waals surface area contributed by atoms with E-state index < -0.39 is 0 Å². The van der Waals surface area contributed by atoms with E-state index in [4.69, 9.17) is 0 Å². The Hall–Kier alpha value is -2.09. The van der Waals surface area contributed by atoms with Crippen LogP contribution in [0.3, 0.4) is 0 Å². The van der Waals surface area contributed by atoms with Gasteiger partial charge in [-0.15, -0.1) is 0 Å². The maximum absolute atomic E-state index is 12.3. The van der Waals surface area contributed by atoms with E-state index in [-0.39, 0.29) is 11.8 Å². The molecule has 104 valence electrons. The van der Waals surface area contributed by atoms with Gasteiger partial charge in [0.05, 0.1) is 0 Å². The van der Waals surface area contributed by atoms with E-state index >= 15 is 0 Å². The van der Waals surface area contributed by atoms with Gasteiger partial charge in [0.25, 0.3) is 0 Å². The van der Waals surface area contributed by atoms with E-state index in [9.17, 15) is 4.79 Å². The van der Waals surface area contributed by atoms with Gasteiger partial charge in [0.15, 0.2) is 0 Å². The van der Waals surface area contributed by atoms with Crippen molar-refractivity contribution >= 4 is 11.6 Å². The smallest absolute Gasteiger partial charge is 0.227 e. The Bertz CT molecular complexity index is 569. The molecule has 2 aromatic carbocycles. The Morgan fingerprint density at radius 2 is 1.60 bits per heavy atom. The number of carbonyl (C=O) groups is 1. The molecular weight excluding hydrogens is 246 g/mol. The zero-order valence-corrected chi connectivity index (χ0v) is 12.3. The van der Waals surface area contributed by atoms with Crippen LogP contribution in [0.15, 0.2) is 48.5 Å². The van der Waals surface area contributed by atoms with Gasteiger partial charge in [-0.2, -0.15) is 0 Å². The molecule has 0 aliphatic heterocycles. The summed E-state index contributed by atoms with van der Waals surface area (Å²) < 4.78 is 0. The lowest BCUT2D eigenvalue weighted by molar-refractivity contribution is -0.119. The third kappa shape index (κ3) is 3.47. The van der Waals surface area contributed by atoms with Crippen LogP contribution < -0.4 is 5.32 Å². The summed E-state index contributed by atoms with van der Waals surface area (Å²) in [4.78, 5) is 12.3. The van der Waals surface area contributed by atoms with Gasteiger partial charge < -0.3 is 5.32 Å². The summed E-state index contributed by atoms with van der Waals surface area (Å²) in [6, 6.07) is 16.2. The molecule has 0 unspecified atom stereocenters. The largest absolute Gasteiger partial charge is 0.325 e. The summed E-state index contributed by atoms with van der Waals surface area (Å²) >= 11 is 0. The van der Waals surface area contributed by atoms with Crippen LogP contribution in [0.2, 0.25) is 0 Å². The van der Waals surface area contributed by atoms with Crippen molar-refractivity contribution in [3.05, 3.63) is 65.2 Å². The number of hydrogen-bond acceptors (Lipinski definition) is 1. The fourth-order valence-electron chi connectivity index (χ4n) is 2.32. The summed E-state index contributed by atoms with van der Waals surface area (Å²) in [5.74, 6) is 0.0302. The van der Waals surface area contributed by atoms with Gasteiger partial charge in [-0.05, 0) is 37.0 Å². The number of aryl methyl sites for hydroxylation is 2. The van der Waals surface area contributed by atoms with Crippen LogP contribution in [0.4, 0.5) is 5.69 Å². The number of hydrogen-bond donors (Lipinski definition) is 1. The molecular formula is C18H21NO. The summed E-state index contributed by atoms with van der Waals surface area (Å²) in [5.41, 5.74) is 4.34. The number of anilines is 1. The van der Waals surface area contributed by atoms with Gasteiger partial charge in [-0.3, -0.25) is 4.79 Å². The average molecular weight is 267 g/mol. The maximum Gasteiger partial charge on any atom is 0.227 e. The molecule has 2 aromatic rings. The zero-order chi connectivity index (χ0) is 14.5. The van der Waals surface area contributed by atoms with Crippen molar-refractivity contribution in [1.29, 1.82) is 0 Å². The van der Waals surface area contributed by atoms with Crippen LogP contribution in [0, 0.1) is 19.8 Å². The van der Waals surface area contributed by atoms with Crippen LogP contribution in [-0.4, -0.2) is 5.91 Å². The minimum atomic E-state index is -0.0450. The molecule has 0 aromatic heterocycles. The first kappa shape index (κ1) is 14.3. The van der Waals surface area contributed by atoms with Crippen molar-refractivity contribution in [2.75, 3.05) is 5.32 Å². The van der Waals surface area contributed by atoms with Gasteiger partial charge >= 0.3 is 0 Å². The maximum atomic E-state index is 12.3. The molecule has 0 fully saturated rings. The quantitative estimate of drug-likeness (QED) is 0.887. The number of benzene rings is 2. The highest BCUT2D eigenvalue weighted by molar-refractivity contribution is 5.93. The molecule has 0 aliphatic carbocycles. The molecule has 0 bridgehead atoms. The fourth-order valence-corrected chi connectivity index (χ4v) is 2.32. The molecule has 0 heterocycles. The van der Waals surface area contributed by atoms with E-state index in [1.165, 1.54) is 5.56 Å². The molecule has 1 amide bonds. The Kier molecular flexibility index (Phi) is 4.57. The minimum absolute atomic E-state index is 0.0450. The second-order valence-corrected chi connectivity index (χ2v) is 5.35. The van der Waals surface area contributed by atoms with Crippen LogP contribution in [0.25, 0.3) is 0 Å². The number of carbonyl (C=O) groups excluding carboxylic acids is 1. The van der Waals surface area contributed by atoms with Crippen LogP contribution in [-0.2, 0) is 11.2 Å². The van der Waals surface area contributed by atoms with Crippen LogP contribution in [0.1, 0.15) is 23.6 Å².